The van der Waals surface area contributed by atoms with E-state index in [1.54, 1.807) is 38.0 Å². The monoisotopic (exact) mass is 516 g/mol. The van der Waals surface area contributed by atoms with Gasteiger partial charge >= 0.3 is 0 Å². The maximum absolute atomic E-state index is 13.3. The molecule has 11 nitrogen and oxygen atoms in total. The number of hydrogen-bond donors (Lipinski definition) is 2. The van der Waals surface area contributed by atoms with E-state index in [0.29, 0.717) is 40.5 Å². The summed E-state index contributed by atoms with van der Waals surface area (Å²) in [5.74, 6) is 1.61. The van der Waals surface area contributed by atoms with Gasteiger partial charge in [0.15, 0.2) is 17.5 Å². The SMILES string of the molecule is C=C/C(OC)=C(\C(=C/C)OC)n1c(NSC(C)C(OC)c2ncc(F)cn2)nnc1-c1cc(C)[nH]n1. The lowest BCUT2D eigenvalue weighted by atomic mass is 10.2. The number of aromatic amines is 1. The maximum atomic E-state index is 13.3. The highest BCUT2D eigenvalue weighted by molar-refractivity contribution is 8.01. The first-order valence-corrected chi connectivity index (χ1v) is 11.8. The van der Waals surface area contributed by atoms with Crippen LogP contribution in [-0.4, -0.2) is 61.5 Å². The Morgan fingerprint density at radius 1 is 1.22 bits per heavy atom. The van der Waals surface area contributed by atoms with Crippen LogP contribution in [-0.2, 0) is 14.2 Å². The number of hydrogen-bond acceptors (Lipinski definition) is 10. The molecule has 3 heterocycles. The molecule has 0 aliphatic heterocycles. The van der Waals surface area contributed by atoms with E-state index in [1.807, 2.05) is 26.8 Å². The number of ether oxygens (including phenoxy) is 3. The Labute approximate surface area is 213 Å². The molecule has 2 N–H and O–H groups in total. The Morgan fingerprint density at radius 3 is 2.47 bits per heavy atom. The van der Waals surface area contributed by atoms with E-state index in [1.165, 1.54) is 11.9 Å². The fraction of sp³-hybridized carbons (Fsp3) is 0.348. The minimum Gasteiger partial charge on any atom is -0.495 e. The van der Waals surface area contributed by atoms with E-state index < -0.39 is 11.9 Å². The molecule has 0 aliphatic rings. The normalized spacial score (nSPS) is 14.1. The summed E-state index contributed by atoms with van der Waals surface area (Å²) in [4.78, 5) is 8.10. The van der Waals surface area contributed by atoms with Crippen LogP contribution < -0.4 is 4.72 Å². The third kappa shape index (κ3) is 5.74. The molecular formula is C23H29FN8O3S. The molecular weight excluding hydrogens is 487 g/mol. The van der Waals surface area contributed by atoms with Crippen molar-refractivity contribution >= 4 is 23.6 Å². The summed E-state index contributed by atoms with van der Waals surface area (Å²) < 4.78 is 35.1. The minimum absolute atomic E-state index is 0.209. The zero-order valence-corrected chi connectivity index (χ0v) is 21.8. The molecule has 0 fully saturated rings. The second kappa shape index (κ2) is 12.3. The Hall–Kier alpha value is -3.71. The third-order valence-corrected chi connectivity index (χ3v) is 6.01. The molecule has 0 radical (unpaired) electrons. The molecule has 36 heavy (non-hydrogen) atoms. The number of nitrogens with zero attached hydrogens (tertiary/aromatic N) is 6. The number of rotatable bonds is 12. The van der Waals surface area contributed by atoms with E-state index in [4.69, 9.17) is 14.2 Å². The first-order chi connectivity index (χ1) is 17.4. The number of allylic oxidation sites excluding steroid dienone is 3. The molecule has 3 rings (SSSR count). The van der Waals surface area contributed by atoms with Crippen molar-refractivity contribution in [3.63, 3.8) is 0 Å². The third-order valence-electron chi connectivity index (χ3n) is 5.09. The van der Waals surface area contributed by atoms with E-state index in [0.717, 1.165) is 18.1 Å². The lowest BCUT2D eigenvalue weighted by molar-refractivity contribution is 0.0970. The second-order valence-corrected chi connectivity index (χ2v) is 8.62. The largest absolute Gasteiger partial charge is 0.495 e. The highest BCUT2D eigenvalue weighted by atomic mass is 32.2. The standard InChI is InChI=1S/C23H29FN8O3S/c1-8-17(33-5)19(18(9-2)34-6)32-22(16-10-13(3)27-28-16)29-30-23(32)31-36-14(4)20(35-7)21-25-11-15(24)12-26-21/h8-12,14,20H,1H2,2-7H3,(H,27,28)(H,30,31)/b18-9+,19-17-. The van der Waals surface area contributed by atoms with E-state index in [-0.39, 0.29) is 5.25 Å². The summed E-state index contributed by atoms with van der Waals surface area (Å²) in [5.41, 5.74) is 1.96. The lowest BCUT2D eigenvalue weighted by Gasteiger charge is -2.22. The minimum atomic E-state index is -0.519. The maximum Gasteiger partial charge on any atom is 0.239 e. The molecule has 0 aliphatic carbocycles. The van der Waals surface area contributed by atoms with Crippen molar-refractivity contribution in [1.82, 2.24) is 34.9 Å². The van der Waals surface area contributed by atoms with Gasteiger partial charge < -0.3 is 14.2 Å². The van der Waals surface area contributed by atoms with Gasteiger partial charge in [-0.15, -0.1) is 10.2 Å². The predicted molar refractivity (Wildman–Crippen MR) is 136 cm³/mol. The summed E-state index contributed by atoms with van der Waals surface area (Å²) in [7, 11) is 4.64. The van der Waals surface area contributed by atoms with Crippen LogP contribution in [0.25, 0.3) is 17.2 Å². The van der Waals surface area contributed by atoms with Gasteiger partial charge in [-0.2, -0.15) is 5.10 Å². The van der Waals surface area contributed by atoms with Crippen molar-refractivity contribution in [3.05, 3.63) is 66.0 Å². The van der Waals surface area contributed by atoms with Crippen LogP contribution in [0.5, 0.6) is 0 Å². The number of nitrogens with one attached hydrogen (secondary N) is 2. The van der Waals surface area contributed by atoms with Gasteiger partial charge in [-0.1, -0.05) is 6.58 Å². The first kappa shape index (κ1) is 26.9. The fourth-order valence-corrected chi connectivity index (χ4v) is 4.19. The van der Waals surface area contributed by atoms with Gasteiger partial charge in [0.25, 0.3) is 0 Å². The van der Waals surface area contributed by atoms with Crippen LogP contribution in [0.15, 0.2) is 48.7 Å². The summed E-state index contributed by atoms with van der Waals surface area (Å²) in [5, 5.41) is 15.8. The van der Waals surface area contributed by atoms with Gasteiger partial charge in [-0.05, 0) is 50.9 Å². The number of anilines is 1. The van der Waals surface area contributed by atoms with Crippen molar-refractivity contribution in [1.29, 1.82) is 0 Å². The number of halogens is 1. The average Bonchev–Trinajstić information content (AvgIpc) is 3.50. The zero-order valence-electron chi connectivity index (χ0n) is 20.9. The summed E-state index contributed by atoms with van der Waals surface area (Å²) in [6.45, 7) is 9.53. The quantitative estimate of drug-likeness (QED) is 0.205. The van der Waals surface area contributed by atoms with Crippen LogP contribution in [0.4, 0.5) is 10.3 Å². The van der Waals surface area contributed by atoms with E-state index in [9.17, 15) is 4.39 Å². The number of H-pyrrole nitrogens is 1. The van der Waals surface area contributed by atoms with Gasteiger partial charge in [-0.3, -0.25) is 14.4 Å². The van der Waals surface area contributed by atoms with Gasteiger partial charge in [0, 0.05) is 12.8 Å². The number of aryl methyl sites for hydroxylation is 1. The highest BCUT2D eigenvalue weighted by Crippen LogP contribution is 2.34. The van der Waals surface area contributed by atoms with Gasteiger partial charge in [-0.25, -0.2) is 14.4 Å². The lowest BCUT2D eigenvalue weighted by Crippen LogP contribution is -2.19. The number of aromatic nitrogens is 7. The van der Waals surface area contributed by atoms with Crippen molar-refractivity contribution in [2.75, 3.05) is 26.1 Å². The van der Waals surface area contributed by atoms with Crippen molar-refractivity contribution < 1.29 is 18.6 Å². The van der Waals surface area contributed by atoms with E-state index in [2.05, 4.69) is 41.7 Å². The molecule has 0 aromatic carbocycles. The van der Waals surface area contributed by atoms with Crippen LogP contribution >= 0.6 is 11.9 Å². The molecule has 3 aromatic rings. The van der Waals surface area contributed by atoms with Crippen molar-refractivity contribution in [3.8, 4) is 11.5 Å². The second-order valence-electron chi connectivity index (χ2n) is 7.44. The van der Waals surface area contributed by atoms with Crippen LogP contribution in [0.2, 0.25) is 0 Å². The molecule has 2 atom stereocenters. The Morgan fingerprint density at radius 2 is 1.94 bits per heavy atom. The number of methoxy groups -OCH3 is 3. The Bertz CT molecular complexity index is 1240. The molecule has 0 bridgehead atoms. The molecule has 0 amide bonds. The molecule has 0 spiro atoms. The summed E-state index contributed by atoms with van der Waals surface area (Å²) in [6.07, 6.45) is 5.06. The predicted octanol–water partition coefficient (Wildman–Crippen LogP) is 4.29. The van der Waals surface area contributed by atoms with Crippen LogP contribution in [0.1, 0.15) is 31.5 Å². The van der Waals surface area contributed by atoms with Gasteiger partial charge in [0.2, 0.25) is 5.95 Å². The summed E-state index contributed by atoms with van der Waals surface area (Å²) in [6, 6.07) is 1.85. The molecule has 192 valence electrons. The van der Waals surface area contributed by atoms with Crippen LogP contribution in [0, 0.1) is 12.7 Å². The Kier molecular flexibility index (Phi) is 9.19. The van der Waals surface area contributed by atoms with Gasteiger partial charge in [0.1, 0.15) is 29.0 Å². The first-order valence-electron chi connectivity index (χ1n) is 10.9. The molecule has 2 unspecified atom stereocenters. The van der Waals surface area contributed by atoms with Gasteiger partial charge in [0.05, 0.1) is 31.9 Å². The Balaban J connectivity index is 2.05. The van der Waals surface area contributed by atoms with Crippen LogP contribution in [0.3, 0.4) is 0 Å². The van der Waals surface area contributed by atoms with Crippen molar-refractivity contribution in [2.24, 2.45) is 0 Å². The fourth-order valence-electron chi connectivity index (χ4n) is 3.41. The van der Waals surface area contributed by atoms with E-state index >= 15 is 0 Å². The van der Waals surface area contributed by atoms with Crippen molar-refractivity contribution in [2.45, 2.75) is 32.1 Å². The molecule has 0 saturated heterocycles. The topological polar surface area (TPSA) is 125 Å². The smallest absolute Gasteiger partial charge is 0.239 e. The molecule has 3 aromatic heterocycles. The highest BCUT2D eigenvalue weighted by Gasteiger charge is 2.27. The molecule has 13 heteroatoms. The summed E-state index contributed by atoms with van der Waals surface area (Å²) >= 11 is 1.31. The average molecular weight is 517 g/mol. The molecule has 0 saturated carbocycles. The zero-order chi connectivity index (χ0) is 26.2.